The molecule has 0 amide bonds. The van der Waals surface area contributed by atoms with Crippen LogP contribution in [0.1, 0.15) is 16.3 Å². The van der Waals surface area contributed by atoms with Crippen LogP contribution in [0.5, 0.6) is 0 Å². The molecule has 4 aromatic heterocycles. The molecule has 0 aliphatic carbocycles. The average Bonchev–Trinajstić information content (AvgIpc) is 3.28. The predicted molar refractivity (Wildman–Crippen MR) is 94.9 cm³/mol. The predicted octanol–water partition coefficient (Wildman–Crippen LogP) is 2.45. The zero-order chi connectivity index (χ0) is 16.5. The lowest BCUT2D eigenvalue weighted by Gasteiger charge is -2.03. The molecule has 0 aromatic carbocycles. The van der Waals surface area contributed by atoms with Gasteiger partial charge in [0.25, 0.3) is 5.56 Å². The Hall–Kier alpha value is -2.04. The number of aryl methyl sites for hydroxylation is 1. The van der Waals surface area contributed by atoms with Gasteiger partial charge in [-0.1, -0.05) is 17.8 Å². The van der Waals surface area contributed by atoms with Crippen molar-refractivity contribution >= 4 is 39.4 Å². The van der Waals surface area contributed by atoms with Crippen molar-refractivity contribution in [3.63, 3.8) is 0 Å². The number of thioether (sulfide) groups is 1. The first-order chi connectivity index (χ1) is 11.7. The van der Waals surface area contributed by atoms with Crippen molar-refractivity contribution in [2.75, 3.05) is 0 Å². The summed E-state index contributed by atoms with van der Waals surface area (Å²) < 4.78 is 3.39. The van der Waals surface area contributed by atoms with Crippen molar-refractivity contribution in [2.24, 2.45) is 0 Å². The Kier molecular flexibility index (Phi) is 4.17. The highest BCUT2D eigenvalue weighted by Gasteiger charge is 2.11. The molecule has 10 heteroatoms. The van der Waals surface area contributed by atoms with Crippen LogP contribution in [0.4, 0.5) is 0 Å². The summed E-state index contributed by atoms with van der Waals surface area (Å²) in [7, 11) is 0. The summed E-state index contributed by atoms with van der Waals surface area (Å²) in [5.41, 5.74) is 1.59. The molecule has 0 radical (unpaired) electrons. The van der Waals surface area contributed by atoms with Gasteiger partial charge >= 0.3 is 0 Å². The largest absolute Gasteiger partial charge is 0.269 e. The topological polar surface area (TPSA) is 78.0 Å². The summed E-state index contributed by atoms with van der Waals surface area (Å²) in [5.74, 6) is 0.549. The Morgan fingerprint density at radius 2 is 2.25 bits per heavy atom. The van der Waals surface area contributed by atoms with Gasteiger partial charge < -0.3 is 0 Å². The third kappa shape index (κ3) is 2.99. The van der Waals surface area contributed by atoms with Crippen LogP contribution < -0.4 is 5.56 Å². The molecule has 0 saturated heterocycles. The lowest BCUT2D eigenvalue weighted by Crippen LogP contribution is -2.14. The number of thiazole rings is 1. The van der Waals surface area contributed by atoms with Crippen LogP contribution in [0, 0.1) is 6.92 Å². The van der Waals surface area contributed by atoms with Crippen molar-refractivity contribution in [3.05, 3.63) is 55.6 Å². The second kappa shape index (κ2) is 6.46. The van der Waals surface area contributed by atoms with Crippen LogP contribution in [0.3, 0.4) is 0 Å². The molecule has 0 bridgehead atoms. The molecule has 122 valence electrons. The second-order valence-electron chi connectivity index (χ2n) is 5.07. The third-order valence-corrected chi connectivity index (χ3v) is 6.16. The highest BCUT2D eigenvalue weighted by molar-refractivity contribution is 7.98. The lowest BCUT2D eigenvalue weighted by molar-refractivity contribution is 0.608. The molecule has 0 saturated carbocycles. The van der Waals surface area contributed by atoms with Gasteiger partial charge in [0.15, 0.2) is 4.96 Å². The Morgan fingerprint density at radius 3 is 3.08 bits per heavy atom. The molecule has 7 nitrogen and oxygen atoms in total. The van der Waals surface area contributed by atoms with Crippen LogP contribution in [0.2, 0.25) is 0 Å². The van der Waals surface area contributed by atoms with Gasteiger partial charge in [-0.05, 0) is 28.8 Å². The molecule has 0 atom stereocenters. The van der Waals surface area contributed by atoms with E-state index < -0.39 is 0 Å². The number of hydrogen-bond acceptors (Lipinski definition) is 8. The fourth-order valence-electron chi connectivity index (χ4n) is 2.26. The number of aromatic nitrogens is 6. The minimum Gasteiger partial charge on any atom is -0.269 e. The Balaban J connectivity index is 1.53. The fourth-order valence-corrected chi connectivity index (χ4v) is 4.61. The SMILES string of the molecule is Cc1csc2nc(CSc3nnnn3Cc3cccs3)cc(=O)n12. The molecule has 0 aliphatic rings. The van der Waals surface area contributed by atoms with Crippen molar-refractivity contribution in [1.29, 1.82) is 0 Å². The van der Waals surface area contributed by atoms with E-state index in [0.717, 1.165) is 11.4 Å². The summed E-state index contributed by atoms with van der Waals surface area (Å²) in [4.78, 5) is 18.7. The van der Waals surface area contributed by atoms with Gasteiger partial charge in [-0.3, -0.25) is 9.20 Å². The monoisotopic (exact) mass is 376 g/mol. The van der Waals surface area contributed by atoms with E-state index in [0.29, 0.717) is 22.4 Å². The highest BCUT2D eigenvalue weighted by Crippen LogP contribution is 2.21. The number of thiophene rings is 1. The zero-order valence-corrected chi connectivity index (χ0v) is 15.1. The van der Waals surface area contributed by atoms with E-state index in [1.54, 1.807) is 26.5 Å². The molecule has 0 N–H and O–H groups in total. The standard InChI is InChI=1S/C14H12N6OS3/c1-9-7-23-13-15-10(5-12(21)20(9)13)8-24-14-16-17-18-19(14)6-11-3-2-4-22-11/h2-5,7H,6,8H2,1H3. The van der Waals surface area contributed by atoms with E-state index >= 15 is 0 Å². The Morgan fingerprint density at radius 1 is 1.33 bits per heavy atom. The summed E-state index contributed by atoms with van der Waals surface area (Å²) in [5, 5.41) is 16.5. The fraction of sp³-hybridized carbons (Fsp3) is 0.214. The van der Waals surface area contributed by atoms with E-state index in [2.05, 4.69) is 26.6 Å². The van der Waals surface area contributed by atoms with E-state index in [1.165, 1.54) is 28.0 Å². The molecule has 0 aliphatic heterocycles. The van der Waals surface area contributed by atoms with Crippen molar-refractivity contribution in [1.82, 2.24) is 29.6 Å². The summed E-state index contributed by atoms with van der Waals surface area (Å²) in [6.07, 6.45) is 0. The molecular weight excluding hydrogens is 364 g/mol. The number of rotatable bonds is 5. The van der Waals surface area contributed by atoms with Gasteiger partial charge in [0.1, 0.15) is 0 Å². The maximum absolute atomic E-state index is 12.2. The maximum atomic E-state index is 12.2. The van der Waals surface area contributed by atoms with Crippen LogP contribution in [0.15, 0.2) is 38.9 Å². The Labute approximate surface area is 149 Å². The van der Waals surface area contributed by atoms with Crippen molar-refractivity contribution in [2.45, 2.75) is 24.4 Å². The van der Waals surface area contributed by atoms with Gasteiger partial charge in [-0.25, -0.2) is 9.67 Å². The summed E-state index contributed by atoms with van der Waals surface area (Å²) in [6.45, 7) is 2.55. The van der Waals surface area contributed by atoms with Crippen LogP contribution >= 0.6 is 34.4 Å². The van der Waals surface area contributed by atoms with E-state index in [-0.39, 0.29) is 5.56 Å². The highest BCUT2D eigenvalue weighted by atomic mass is 32.2. The number of hydrogen-bond donors (Lipinski definition) is 0. The van der Waals surface area contributed by atoms with Gasteiger partial charge in [0.05, 0.1) is 12.2 Å². The molecule has 24 heavy (non-hydrogen) atoms. The maximum Gasteiger partial charge on any atom is 0.258 e. The molecule has 0 fully saturated rings. The first-order valence-electron chi connectivity index (χ1n) is 7.09. The summed E-state index contributed by atoms with van der Waals surface area (Å²) >= 11 is 4.62. The number of tetrazole rings is 1. The van der Waals surface area contributed by atoms with Gasteiger partial charge in [-0.2, -0.15) is 0 Å². The minimum atomic E-state index is -0.0486. The van der Waals surface area contributed by atoms with Gasteiger partial charge in [0.2, 0.25) is 5.16 Å². The van der Waals surface area contributed by atoms with Crippen molar-refractivity contribution in [3.8, 4) is 0 Å². The van der Waals surface area contributed by atoms with Crippen LogP contribution in [-0.2, 0) is 12.3 Å². The second-order valence-corrected chi connectivity index (χ2v) is 7.88. The molecule has 4 aromatic rings. The minimum absolute atomic E-state index is 0.0486. The van der Waals surface area contributed by atoms with Crippen molar-refractivity contribution < 1.29 is 0 Å². The molecular formula is C14H12N6OS3. The smallest absolute Gasteiger partial charge is 0.258 e. The first kappa shape index (κ1) is 15.5. The van der Waals surface area contributed by atoms with Crippen LogP contribution in [-0.4, -0.2) is 29.6 Å². The molecule has 4 rings (SSSR count). The summed E-state index contributed by atoms with van der Waals surface area (Å²) in [6, 6.07) is 5.64. The lowest BCUT2D eigenvalue weighted by atomic mass is 10.4. The average molecular weight is 376 g/mol. The van der Waals surface area contributed by atoms with E-state index in [9.17, 15) is 4.79 Å². The molecule has 0 spiro atoms. The molecule has 4 heterocycles. The van der Waals surface area contributed by atoms with Crippen LogP contribution in [0.25, 0.3) is 4.96 Å². The quantitative estimate of drug-likeness (QED) is 0.498. The third-order valence-electron chi connectivity index (χ3n) is 3.36. The van der Waals surface area contributed by atoms with E-state index in [1.807, 2.05) is 23.8 Å². The number of fused-ring (bicyclic) bond motifs is 1. The van der Waals surface area contributed by atoms with E-state index in [4.69, 9.17) is 0 Å². The normalized spacial score (nSPS) is 11.4. The first-order valence-corrected chi connectivity index (χ1v) is 9.83. The van der Waals surface area contributed by atoms with Gasteiger partial charge in [0, 0.05) is 27.8 Å². The van der Waals surface area contributed by atoms with Gasteiger partial charge in [-0.15, -0.1) is 27.8 Å². The zero-order valence-electron chi connectivity index (χ0n) is 12.6. The Bertz CT molecular complexity index is 1030. The molecule has 0 unspecified atom stereocenters. The number of nitrogens with zero attached hydrogens (tertiary/aromatic N) is 6.